The molecular formula is C22H24N4O. The molecule has 1 amide bonds. The molecule has 0 saturated carbocycles. The van der Waals surface area contributed by atoms with E-state index in [9.17, 15) is 4.79 Å². The molecule has 5 nitrogen and oxygen atoms in total. The van der Waals surface area contributed by atoms with Crippen molar-refractivity contribution in [2.24, 2.45) is 0 Å². The molecule has 1 fully saturated rings. The molecule has 27 heavy (non-hydrogen) atoms. The number of piperazine rings is 1. The van der Waals surface area contributed by atoms with Gasteiger partial charge >= 0.3 is 0 Å². The van der Waals surface area contributed by atoms with Crippen LogP contribution in [-0.2, 0) is 0 Å². The van der Waals surface area contributed by atoms with Crippen molar-refractivity contribution in [2.75, 3.05) is 31.1 Å². The van der Waals surface area contributed by atoms with Gasteiger partial charge in [0.15, 0.2) is 0 Å². The van der Waals surface area contributed by atoms with Crippen LogP contribution in [0.25, 0.3) is 5.69 Å². The summed E-state index contributed by atoms with van der Waals surface area (Å²) in [6.45, 7) is 7.11. The maximum atomic E-state index is 13.1. The number of para-hydroxylation sites is 1. The molecule has 0 bridgehead atoms. The number of rotatable bonds is 3. The number of hydrogen-bond acceptors (Lipinski definition) is 3. The molecule has 2 aromatic heterocycles. The average molecular weight is 360 g/mol. The van der Waals surface area contributed by atoms with E-state index in [4.69, 9.17) is 0 Å². The summed E-state index contributed by atoms with van der Waals surface area (Å²) in [7, 11) is 0. The number of benzene rings is 1. The molecule has 5 heteroatoms. The molecule has 1 aliphatic heterocycles. The van der Waals surface area contributed by atoms with Gasteiger partial charge in [0, 0.05) is 49.5 Å². The molecule has 0 spiro atoms. The van der Waals surface area contributed by atoms with E-state index in [1.165, 1.54) is 0 Å². The van der Waals surface area contributed by atoms with Crippen molar-refractivity contribution in [3.63, 3.8) is 0 Å². The normalized spacial score (nSPS) is 14.4. The molecule has 138 valence electrons. The second-order valence-electron chi connectivity index (χ2n) is 6.92. The fourth-order valence-electron chi connectivity index (χ4n) is 3.80. The predicted octanol–water partition coefficient (Wildman–Crippen LogP) is 3.45. The van der Waals surface area contributed by atoms with Gasteiger partial charge in [-0.25, -0.2) is 4.98 Å². The lowest BCUT2D eigenvalue weighted by Gasteiger charge is -2.35. The van der Waals surface area contributed by atoms with Crippen LogP contribution in [0.3, 0.4) is 0 Å². The molecule has 0 aliphatic carbocycles. The first-order chi connectivity index (χ1) is 13.1. The van der Waals surface area contributed by atoms with Crippen molar-refractivity contribution in [2.45, 2.75) is 13.8 Å². The van der Waals surface area contributed by atoms with Crippen molar-refractivity contribution < 1.29 is 4.79 Å². The lowest BCUT2D eigenvalue weighted by molar-refractivity contribution is 0.0746. The van der Waals surface area contributed by atoms with Gasteiger partial charge in [0.25, 0.3) is 5.91 Å². The Morgan fingerprint density at radius 2 is 1.63 bits per heavy atom. The summed E-state index contributed by atoms with van der Waals surface area (Å²) in [5.74, 6) is 1.10. The van der Waals surface area contributed by atoms with Crippen LogP contribution in [0.4, 0.5) is 5.82 Å². The topological polar surface area (TPSA) is 41.4 Å². The number of amides is 1. The van der Waals surface area contributed by atoms with E-state index in [-0.39, 0.29) is 5.91 Å². The minimum atomic E-state index is 0.117. The minimum Gasteiger partial charge on any atom is -0.353 e. The molecule has 0 N–H and O–H groups in total. The highest BCUT2D eigenvalue weighted by molar-refractivity contribution is 5.96. The third-order valence-corrected chi connectivity index (χ3v) is 5.22. The zero-order valence-electron chi connectivity index (χ0n) is 15.8. The Morgan fingerprint density at radius 3 is 2.30 bits per heavy atom. The summed E-state index contributed by atoms with van der Waals surface area (Å²) in [6.07, 6.45) is 1.81. The number of nitrogens with zero attached hydrogens (tertiary/aromatic N) is 4. The number of carbonyl (C=O) groups excluding carboxylic acids is 1. The van der Waals surface area contributed by atoms with Gasteiger partial charge in [0.2, 0.25) is 0 Å². The lowest BCUT2D eigenvalue weighted by atomic mass is 10.2. The van der Waals surface area contributed by atoms with Gasteiger partial charge < -0.3 is 14.4 Å². The fourth-order valence-corrected chi connectivity index (χ4v) is 3.80. The van der Waals surface area contributed by atoms with E-state index >= 15 is 0 Å². The zero-order valence-corrected chi connectivity index (χ0v) is 15.8. The molecule has 1 aromatic carbocycles. The van der Waals surface area contributed by atoms with E-state index < -0.39 is 0 Å². The molecule has 3 heterocycles. The highest BCUT2D eigenvalue weighted by atomic mass is 16.2. The van der Waals surface area contributed by atoms with Gasteiger partial charge in [-0.1, -0.05) is 24.3 Å². The Hall–Kier alpha value is -3.08. The highest BCUT2D eigenvalue weighted by Gasteiger charge is 2.25. The quantitative estimate of drug-likeness (QED) is 0.718. The Bertz CT molecular complexity index is 926. The standard InChI is InChI=1S/C22H24N4O/c1-17-16-20(18(2)26(17)19-8-4-3-5-9-19)22(27)25-14-12-24(13-15-25)21-10-6-7-11-23-21/h3-11,16H,12-15H2,1-2H3. The van der Waals surface area contributed by atoms with Crippen molar-refractivity contribution in [3.05, 3.63) is 77.7 Å². The summed E-state index contributed by atoms with van der Waals surface area (Å²) in [6, 6.07) is 18.1. The number of aromatic nitrogens is 2. The van der Waals surface area contributed by atoms with Crippen molar-refractivity contribution in [1.29, 1.82) is 0 Å². The van der Waals surface area contributed by atoms with Crippen LogP contribution in [-0.4, -0.2) is 46.5 Å². The molecule has 4 rings (SSSR count). The van der Waals surface area contributed by atoms with Gasteiger partial charge in [0.05, 0.1) is 5.56 Å². The van der Waals surface area contributed by atoms with Crippen LogP contribution in [0, 0.1) is 13.8 Å². The molecule has 1 aliphatic rings. The van der Waals surface area contributed by atoms with Crippen LogP contribution in [0.15, 0.2) is 60.8 Å². The van der Waals surface area contributed by atoms with Gasteiger partial charge in [-0.05, 0) is 44.2 Å². The number of carbonyl (C=O) groups is 1. The Balaban J connectivity index is 1.51. The molecule has 3 aromatic rings. The maximum absolute atomic E-state index is 13.1. The van der Waals surface area contributed by atoms with Crippen LogP contribution in [0.2, 0.25) is 0 Å². The van der Waals surface area contributed by atoms with Crippen molar-refractivity contribution in [3.8, 4) is 5.69 Å². The largest absolute Gasteiger partial charge is 0.353 e. The van der Waals surface area contributed by atoms with Crippen LogP contribution >= 0.6 is 0 Å². The van der Waals surface area contributed by atoms with Crippen LogP contribution in [0.5, 0.6) is 0 Å². The second kappa shape index (κ2) is 7.27. The summed E-state index contributed by atoms with van der Waals surface area (Å²) < 4.78 is 2.15. The molecule has 0 atom stereocenters. The smallest absolute Gasteiger partial charge is 0.255 e. The second-order valence-corrected chi connectivity index (χ2v) is 6.92. The van der Waals surface area contributed by atoms with Crippen molar-refractivity contribution in [1.82, 2.24) is 14.5 Å². The van der Waals surface area contributed by atoms with Gasteiger partial charge in [-0.2, -0.15) is 0 Å². The monoisotopic (exact) mass is 360 g/mol. The number of aryl methyl sites for hydroxylation is 1. The first-order valence-electron chi connectivity index (χ1n) is 9.35. The predicted molar refractivity (Wildman–Crippen MR) is 108 cm³/mol. The summed E-state index contributed by atoms with van der Waals surface area (Å²) in [4.78, 5) is 21.7. The highest BCUT2D eigenvalue weighted by Crippen LogP contribution is 2.23. The SMILES string of the molecule is Cc1cc(C(=O)N2CCN(c3ccccn3)CC2)c(C)n1-c1ccccc1. The number of pyridine rings is 1. The molecule has 0 radical (unpaired) electrons. The first-order valence-corrected chi connectivity index (χ1v) is 9.35. The van der Waals surface area contributed by atoms with Gasteiger partial charge in [0.1, 0.15) is 5.82 Å². The molecular weight excluding hydrogens is 336 g/mol. The third-order valence-electron chi connectivity index (χ3n) is 5.22. The number of anilines is 1. The van der Waals surface area contributed by atoms with Crippen LogP contribution in [0.1, 0.15) is 21.7 Å². The van der Waals surface area contributed by atoms with E-state index in [1.807, 2.05) is 60.5 Å². The first kappa shape index (κ1) is 17.3. The zero-order chi connectivity index (χ0) is 18.8. The summed E-state index contributed by atoms with van der Waals surface area (Å²) in [5, 5.41) is 0. The van der Waals surface area contributed by atoms with E-state index in [2.05, 4.69) is 33.5 Å². The molecule has 1 saturated heterocycles. The van der Waals surface area contributed by atoms with Crippen LogP contribution < -0.4 is 4.90 Å². The number of hydrogen-bond donors (Lipinski definition) is 0. The van der Waals surface area contributed by atoms with E-state index in [0.29, 0.717) is 13.1 Å². The third kappa shape index (κ3) is 3.33. The Morgan fingerprint density at radius 1 is 0.926 bits per heavy atom. The van der Waals surface area contributed by atoms with Gasteiger partial charge in [-0.15, -0.1) is 0 Å². The summed E-state index contributed by atoms with van der Waals surface area (Å²) in [5.41, 5.74) is 3.96. The van der Waals surface area contributed by atoms with E-state index in [1.54, 1.807) is 0 Å². The van der Waals surface area contributed by atoms with E-state index in [0.717, 1.165) is 41.5 Å². The fraction of sp³-hybridized carbons (Fsp3) is 0.273. The minimum absolute atomic E-state index is 0.117. The Kier molecular flexibility index (Phi) is 4.67. The molecule has 0 unspecified atom stereocenters. The average Bonchev–Trinajstić information content (AvgIpc) is 3.03. The summed E-state index contributed by atoms with van der Waals surface area (Å²) >= 11 is 0. The van der Waals surface area contributed by atoms with Gasteiger partial charge in [-0.3, -0.25) is 4.79 Å². The van der Waals surface area contributed by atoms with Crippen molar-refractivity contribution >= 4 is 11.7 Å². The Labute approximate surface area is 159 Å². The maximum Gasteiger partial charge on any atom is 0.255 e. The lowest BCUT2D eigenvalue weighted by Crippen LogP contribution is -2.49.